The van der Waals surface area contributed by atoms with E-state index in [1.165, 1.54) is 12.1 Å². The lowest BCUT2D eigenvalue weighted by Gasteiger charge is -2.13. The average Bonchev–Trinajstić information content (AvgIpc) is 3.03. The minimum atomic E-state index is -0.549. The lowest BCUT2D eigenvalue weighted by molar-refractivity contribution is -0.111. The maximum atomic E-state index is 12.5. The molecule has 0 saturated carbocycles. The molecule has 0 aliphatic rings. The van der Waals surface area contributed by atoms with Crippen LogP contribution in [0.3, 0.4) is 0 Å². The minimum absolute atomic E-state index is 0.317. The number of carbonyl (C=O) groups is 2. The number of anilines is 1. The molecule has 6 heteroatoms. The Kier molecular flexibility index (Phi) is 5.22. The number of nitrogens with two attached hydrogens (primary N) is 1. The summed E-state index contributed by atoms with van der Waals surface area (Å²) in [6.45, 7) is 5.74. The lowest BCUT2D eigenvalue weighted by Crippen LogP contribution is -2.13. The summed E-state index contributed by atoms with van der Waals surface area (Å²) in [6.07, 6.45) is 3.20. The summed E-state index contributed by atoms with van der Waals surface area (Å²) in [7, 11) is 1.59. The van der Waals surface area contributed by atoms with Crippen molar-refractivity contribution in [2.75, 3.05) is 12.4 Å². The van der Waals surface area contributed by atoms with Crippen molar-refractivity contribution in [2.45, 2.75) is 20.8 Å². The molecule has 28 heavy (non-hydrogen) atoms. The fourth-order valence-corrected chi connectivity index (χ4v) is 3.20. The van der Waals surface area contributed by atoms with Crippen molar-refractivity contribution >= 4 is 34.0 Å². The number of nitrogens with one attached hydrogen (secondary N) is 1. The third-order valence-corrected chi connectivity index (χ3v) is 4.63. The van der Waals surface area contributed by atoms with Crippen LogP contribution < -0.4 is 15.8 Å². The first-order valence-corrected chi connectivity index (χ1v) is 8.76. The normalized spacial score (nSPS) is 11.5. The van der Waals surface area contributed by atoms with Gasteiger partial charge in [-0.1, -0.05) is 6.07 Å². The molecule has 0 atom stereocenters. The number of aryl methyl sites for hydroxylation is 2. The molecule has 0 bridgehead atoms. The first kappa shape index (κ1) is 19.2. The Morgan fingerprint density at radius 3 is 2.64 bits per heavy atom. The number of hydrogen-bond donors (Lipinski definition) is 2. The van der Waals surface area contributed by atoms with Crippen LogP contribution in [0.1, 0.15) is 34.0 Å². The van der Waals surface area contributed by atoms with E-state index in [4.69, 9.17) is 14.9 Å². The van der Waals surface area contributed by atoms with Crippen LogP contribution in [-0.4, -0.2) is 18.9 Å². The number of benzene rings is 2. The summed E-state index contributed by atoms with van der Waals surface area (Å²) in [5, 5.41) is 3.73. The summed E-state index contributed by atoms with van der Waals surface area (Å²) < 4.78 is 11.2. The maximum absolute atomic E-state index is 12.5. The van der Waals surface area contributed by atoms with E-state index in [9.17, 15) is 9.59 Å². The molecule has 144 valence electrons. The molecule has 3 aromatic rings. The highest BCUT2D eigenvalue weighted by atomic mass is 16.5. The third-order valence-electron chi connectivity index (χ3n) is 4.63. The molecular weight excluding hydrogens is 356 g/mol. The molecule has 1 heterocycles. The highest BCUT2D eigenvalue weighted by Gasteiger charge is 2.16. The van der Waals surface area contributed by atoms with E-state index in [0.29, 0.717) is 17.0 Å². The molecule has 0 radical (unpaired) electrons. The second-order valence-corrected chi connectivity index (χ2v) is 6.64. The van der Waals surface area contributed by atoms with E-state index in [2.05, 4.69) is 5.32 Å². The maximum Gasteiger partial charge on any atom is 0.248 e. The summed E-state index contributed by atoms with van der Waals surface area (Å²) in [6, 6.07) is 8.45. The van der Waals surface area contributed by atoms with Crippen molar-refractivity contribution in [2.24, 2.45) is 5.73 Å². The second-order valence-electron chi connectivity index (χ2n) is 6.64. The fourth-order valence-electron chi connectivity index (χ4n) is 3.20. The SMILES string of the molecule is COc1c(/C(C)=C/C(=O)Nc2cccc(C(N)=O)c2)cc2c(C)coc2c1C. The van der Waals surface area contributed by atoms with Gasteiger partial charge in [0.25, 0.3) is 0 Å². The van der Waals surface area contributed by atoms with Crippen molar-refractivity contribution in [3.05, 3.63) is 64.9 Å². The van der Waals surface area contributed by atoms with Gasteiger partial charge >= 0.3 is 0 Å². The monoisotopic (exact) mass is 378 g/mol. The largest absolute Gasteiger partial charge is 0.496 e. The zero-order valence-corrected chi connectivity index (χ0v) is 16.3. The first-order valence-electron chi connectivity index (χ1n) is 8.76. The fraction of sp³-hybridized carbons (Fsp3) is 0.182. The van der Waals surface area contributed by atoms with Gasteiger partial charge in [-0.25, -0.2) is 0 Å². The highest BCUT2D eigenvalue weighted by Crippen LogP contribution is 2.37. The Balaban J connectivity index is 1.94. The number of furan rings is 1. The van der Waals surface area contributed by atoms with Crippen LogP contribution in [0.4, 0.5) is 5.69 Å². The number of carbonyl (C=O) groups excluding carboxylic acids is 2. The molecule has 0 fully saturated rings. The van der Waals surface area contributed by atoms with Gasteiger partial charge in [0.2, 0.25) is 11.8 Å². The van der Waals surface area contributed by atoms with Crippen LogP contribution >= 0.6 is 0 Å². The smallest absolute Gasteiger partial charge is 0.248 e. The Bertz CT molecular complexity index is 1110. The van der Waals surface area contributed by atoms with Gasteiger partial charge in [0, 0.05) is 33.8 Å². The summed E-state index contributed by atoms with van der Waals surface area (Å²) in [4.78, 5) is 23.8. The van der Waals surface area contributed by atoms with E-state index in [1.54, 1.807) is 31.6 Å². The minimum Gasteiger partial charge on any atom is -0.496 e. The van der Waals surface area contributed by atoms with Gasteiger partial charge in [-0.3, -0.25) is 9.59 Å². The Labute approximate surface area is 163 Å². The standard InChI is InChI=1S/C22H22N2O4/c1-12(8-19(25)24-16-7-5-6-15(9-16)22(23)26)17-10-18-13(2)11-28-21(18)14(3)20(17)27-4/h5-11H,1-4H3,(H2,23,26)(H,24,25)/b12-8+. The first-order chi connectivity index (χ1) is 13.3. The summed E-state index contributed by atoms with van der Waals surface area (Å²) in [5.41, 5.74) is 10.3. The van der Waals surface area contributed by atoms with Gasteiger partial charge in [0.15, 0.2) is 0 Å². The Morgan fingerprint density at radius 1 is 1.21 bits per heavy atom. The number of ether oxygens (including phenoxy) is 1. The van der Waals surface area contributed by atoms with Crippen LogP contribution in [0, 0.1) is 13.8 Å². The zero-order chi connectivity index (χ0) is 20.4. The quantitative estimate of drug-likeness (QED) is 0.651. The van der Waals surface area contributed by atoms with Crippen molar-refractivity contribution in [1.82, 2.24) is 0 Å². The van der Waals surface area contributed by atoms with Crippen molar-refractivity contribution < 1.29 is 18.7 Å². The van der Waals surface area contributed by atoms with Crippen molar-refractivity contribution in [3.8, 4) is 5.75 Å². The average molecular weight is 378 g/mol. The van der Waals surface area contributed by atoms with Crippen LogP contribution in [0.25, 0.3) is 16.5 Å². The lowest BCUT2D eigenvalue weighted by atomic mass is 9.98. The van der Waals surface area contributed by atoms with E-state index in [1.807, 2.05) is 26.8 Å². The molecule has 0 saturated heterocycles. The molecule has 6 nitrogen and oxygen atoms in total. The summed E-state index contributed by atoms with van der Waals surface area (Å²) >= 11 is 0. The zero-order valence-electron chi connectivity index (χ0n) is 16.3. The number of allylic oxidation sites excluding steroid dienone is 1. The van der Waals surface area contributed by atoms with Gasteiger partial charge < -0.3 is 20.2 Å². The van der Waals surface area contributed by atoms with Crippen LogP contribution in [0.15, 0.2) is 47.1 Å². The van der Waals surface area contributed by atoms with Gasteiger partial charge in [-0.05, 0) is 56.2 Å². The molecule has 2 aromatic carbocycles. The van der Waals surface area contributed by atoms with Gasteiger partial charge in [-0.15, -0.1) is 0 Å². The molecule has 0 unspecified atom stereocenters. The molecule has 1 aromatic heterocycles. The van der Waals surface area contributed by atoms with Crippen LogP contribution in [0.2, 0.25) is 0 Å². The number of amides is 2. The van der Waals surface area contributed by atoms with E-state index in [0.717, 1.165) is 33.2 Å². The van der Waals surface area contributed by atoms with Gasteiger partial charge in [-0.2, -0.15) is 0 Å². The van der Waals surface area contributed by atoms with E-state index in [-0.39, 0.29) is 5.91 Å². The van der Waals surface area contributed by atoms with Crippen LogP contribution in [-0.2, 0) is 4.79 Å². The number of primary amides is 1. The number of fused-ring (bicyclic) bond motifs is 1. The van der Waals surface area contributed by atoms with Crippen molar-refractivity contribution in [3.63, 3.8) is 0 Å². The molecule has 3 N–H and O–H groups in total. The molecule has 2 amide bonds. The Hall–Kier alpha value is -3.54. The molecule has 3 rings (SSSR count). The topological polar surface area (TPSA) is 94.6 Å². The van der Waals surface area contributed by atoms with Gasteiger partial charge in [0.1, 0.15) is 11.3 Å². The third kappa shape index (κ3) is 3.62. The predicted molar refractivity (Wildman–Crippen MR) is 109 cm³/mol. The Morgan fingerprint density at radius 2 is 1.96 bits per heavy atom. The molecule has 0 aliphatic carbocycles. The highest BCUT2D eigenvalue weighted by molar-refractivity contribution is 6.05. The van der Waals surface area contributed by atoms with E-state index < -0.39 is 5.91 Å². The predicted octanol–water partition coefficient (Wildman–Crippen LogP) is 4.20. The molecule has 0 aliphatic heterocycles. The number of hydrogen-bond acceptors (Lipinski definition) is 4. The van der Waals surface area contributed by atoms with E-state index >= 15 is 0 Å². The van der Waals surface area contributed by atoms with Gasteiger partial charge in [0.05, 0.1) is 13.4 Å². The molecule has 0 spiro atoms. The van der Waals surface area contributed by atoms with Crippen molar-refractivity contribution in [1.29, 1.82) is 0 Å². The number of rotatable bonds is 5. The second kappa shape index (κ2) is 7.60. The van der Waals surface area contributed by atoms with Crippen LogP contribution in [0.5, 0.6) is 5.75 Å². The number of methoxy groups -OCH3 is 1. The summed E-state index contributed by atoms with van der Waals surface area (Å²) in [5.74, 6) is -0.200. The molecular formula is C22H22N2O4.